The van der Waals surface area contributed by atoms with Crippen LogP contribution >= 0.6 is 0 Å². The third-order valence-corrected chi connectivity index (χ3v) is 3.18. The molecular formula is C14H15NO4. The van der Waals surface area contributed by atoms with Crippen molar-refractivity contribution < 1.29 is 19.5 Å². The van der Waals surface area contributed by atoms with Crippen molar-refractivity contribution in [3.8, 4) is 0 Å². The van der Waals surface area contributed by atoms with Gasteiger partial charge >= 0.3 is 5.97 Å². The fraction of sp³-hybridized carbons (Fsp3) is 0.357. The molecule has 5 heteroatoms. The fourth-order valence-electron chi connectivity index (χ4n) is 2.42. The van der Waals surface area contributed by atoms with E-state index in [0.717, 1.165) is 10.5 Å². The van der Waals surface area contributed by atoms with Crippen molar-refractivity contribution in [1.29, 1.82) is 0 Å². The molecule has 2 rings (SSSR count). The molecule has 2 amide bonds. The number of carbonyl (C=O) groups is 3. The maximum Gasteiger partial charge on any atom is 0.337 e. The molecule has 1 aliphatic rings. The van der Waals surface area contributed by atoms with Gasteiger partial charge in [-0.1, -0.05) is 6.07 Å². The van der Waals surface area contributed by atoms with Gasteiger partial charge in [-0.25, -0.2) is 9.69 Å². The molecule has 0 radical (unpaired) electrons. The molecule has 1 N–H and O–H groups in total. The SMILES string of the molecule is Cc1cc(C)c(N2C(=O)CCCC2=O)c(C(=O)O)c1. The summed E-state index contributed by atoms with van der Waals surface area (Å²) in [5, 5.41) is 9.27. The molecule has 0 spiro atoms. The Kier molecular flexibility index (Phi) is 3.38. The summed E-state index contributed by atoms with van der Waals surface area (Å²) in [6, 6.07) is 3.26. The number of carboxylic acids is 1. The second-order valence-corrected chi connectivity index (χ2v) is 4.76. The van der Waals surface area contributed by atoms with Crippen molar-refractivity contribution >= 4 is 23.5 Å². The Bertz CT molecular complexity index is 561. The Morgan fingerprint density at radius 2 is 1.74 bits per heavy atom. The Balaban J connectivity index is 2.63. The Morgan fingerprint density at radius 3 is 2.26 bits per heavy atom. The van der Waals surface area contributed by atoms with Crippen LogP contribution < -0.4 is 4.90 Å². The molecule has 19 heavy (non-hydrogen) atoms. The molecule has 1 aliphatic heterocycles. The molecule has 1 aromatic rings. The lowest BCUT2D eigenvalue weighted by molar-refractivity contribution is -0.129. The van der Waals surface area contributed by atoms with Gasteiger partial charge in [0, 0.05) is 12.8 Å². The molecule has 0 saturated carbocycles. The van der Waals surface area contributed by atoms with Crippen LogP contribution in [0.1, 0.15) is 40.7 Å². The first kappa shape index (κ1) is 13.3. The Morgan fingerprint density at radius 1 is 1.16 bits per heavy atom. The number of aryl methyl sites for hydroxylation is 2. The summed E-state index contributed by atoms with van der Waals surface area (Å²) in [5.74, 6) is -1.79. The molecule has 100 valence electrons. The third kappa shape index (κ3) is 2.36. The van der Waals surface area contributed by atoms with Gasteiger partial charge in [0.05, 0.1) is 11.3 Å². The van der Waals surface area contributed by atoms with Crippen molar-refractivity contribution in [2.75, 3.05) is 4.90 Å². The normalized spacial score (nSPS) is 15.8. The Labute approximate surface area is 110 Å². The largest absolute Gasteiger partial charge is 0.478 e. The summed E-state index contributed by atoms with van der Waals surface area (Å²) in [6.45, 7) is 3.49. The van der Waals surface area contributed by atoms with Crippen LogP contribution in [0.5, 0.6) is 0 Å². The molecule has 0 aromatic heterocycles. The van der Waals surface area contributed by atoms with E-state index in [1.54, 1.807) is 19.9 Å². The number of hydrogen-bond donors (Lipinski definition) is 1. The van der Waals surface area contributed by atoms with E-state index in [1.807, 2.05) is 0 Å². The van der Waals surface area contributed by atoms with E-state index in [1.165, 1.54) is 6.07 Å². The highest BCUT2D eigenvalue weighted by atomic mass is 16.4. The zero-order valence-electron chi connectivity index (χ0n) is 10.9. The van der Waals surface area contributed by atoms with Crippen LogP contribution in [0.4, 0.5) is 5.69 Å². The minimum Gasteiger partial charge on any atom is -0.478 e. The zero-order valence-corrected chi connectivity index (χ0v) is 10.9. The smallest absolute Gasteiger partial charge is 0.337 e. The molecule has 1 saturated heterocycles. The topological polar surface area (TPSA) is 74.7 Å². The molecule has 1 fully saturated rings. The van der Waals surface area contributed by atoms with Crippen LogP contribution in [-0.2, 0) is 9.59 Å². The molecule has 5 nitrogen and oxygen atoms in total. The summed E-state index contributed by atoms with van der Waals surface area (Å²) in [6.07, 6.45) is 1.08. The number of anilines is 1. The zero-order chi connectivity index (χ0) is 14.2. The molecule has 1 aromatic carbocycles. The van der Waals surface area contributed by atoms with Gasteiger partial charge in [-0.3, -0.25) is 9.59 Å². The summed E-state index contributed by atoms with van der Waals surface area (Å²) >= 11 is 0. The molecule has 1 heterocycles. The average Bonchev–Trinajstić information content (AvgIpc) is 2.30. The van der Waals surface area contributed by atoms with Crippen LogP contribution in [0.2, 0.25) is 0 Å². The number of carboxylic acid groups (broad SMARTS) is 1. The number of benzene rings is 1. The van der Waals surface area contributed by atoms with E-state index >= 15 is 0 Å². The van der Waals surface area contributed by atoms with Gasteiger partial charge < -0.3 is 5.11 Å². The minimum absolute atomic E-state index is 0.00102. The lowest BCUT2D eigenvalue weighted by atomic mass is 10.00. The maximum absolute atomic E-state index is 11.9. The fourth-order valence-corrected chi connectivity index (χ4v) is 2.42. The molecular weight excluding hydrogens is 246 g/mol. The number of piperidine rings is 1. The van der Waals surface area contributed by atoms with Gasteiger partial charge in [0.2, 0.25) is 11.8 Å². The highest BCUT2D eigenvalue weighted by Gasteiger charge is 2.31. The third-order valence-electron chi connectivity index (χ3n) is 3.18. The van der Waals surface area contributed by atoms with Crippen molar-refractivity contribution in [2.45, 2.75) is 33.1 Å². The summed E-state index contributed by atoms with van der Waals surface area (Å²) < 4.78 is 0. The maximum atomic E-state index is 11.9. The molecule has 0 atom stereocenters. The van der Waals surface area contributed by atoms with Gasteiger partial charge in [-0.15, -0.1) is 0 Å². The highest BCUT2D eigenvalue weighted by molar-refractivity contribution is 6.19. The number of imide groups is 1. The van der Waals surface area contributed by atoms with Gasteiger partial charge in [0.25, 0.3) is 0 Å². The quantitative estimate of drug-likeness (QED) is 0.827. The second kappa shape index (κ2) is 4.84. The first-order valence-electron chi connectivity index (χ1n) is 6.12. The van der Waals surface area contributed by atoms with Crippen molar-refractivity contribution in [1.82, 2.24) is 0 Å². The Hall–Kier alpha value is -2.17. The molecule has 0 aliphatic carbocycles. The average molecular weight is 261 g/mol. The minimum atomic E-state index is -1.13. The predicted octanol–water partition coefficient (Wildman–Crippen LogP) is 2.05. The predicted molar refractivity (Wildman–Crippen MR) is 69.2 cm³/mol. The first-order valence-corrected chi connectivity index (χ1v) is 6.12. The monoisotopic (exact) mass is 261 g/mol. The van der Waals surface area contributed by atoms with E-state index in [4.69, 9.17) is 0 Å². The summed E-state index contributed by atoms with van der Waals surface area (Å²) in [4.78, 5) is 36.2. The highest BCUT2D eigenvalue weighted by Crippen LogP contribution is 2.30. The lowest BCUT2D eigenvalue weighted by Crippen LogP contribution is -2.41. The van der Waals surface area contributed by atoms with E-state index in [9.17, 15) is 19.5 Å². The van der Waals surface area contributed by atoms with E-state index in [0.29, 0.717) is 12.0 Å². The van der Waals surface area contributed by atoms with Gasteiger partial charge in [0.1, 0.15) is 0 Å². The van der Waals surface area contributed by atoms with E-state index in [-0.39, 0.29) is 35.9 Å². The van der Waals surface area contributed by atoms with Crippen molar-refractivity contribution in [3.05, 3.63) is 28.8 Å². The van der Waals surface area contributed by atoms with E-state index in [2.05, 4.69) is 0 Å². The number of rotatable bonds is 2. The first-order chi connectivity index (χ1) is 8.91. The molecule has 0 bridgehead atoms. The number of nitrogens with zero attached hydrogens (tertiary/aromatic N) is 1. The van der Waals surface area contributed by atoms with Crippen LogP contribution in [0.3, 0.4) is 0 Å². The second-order valence-electron chi connectivity index (χ2n) is 4.76. The number of hydrogen-bond acceptors (Lipinski definition) is 3. The summed E-state index contributed by atoms with van der Waals surface area (Å²) in [7, 11) is 0. The van der Waals surface area contributed by atoms with Gasteiger partial charge in [-0.05, 0) is 37.5 Å². The lowest BCUT2D eigenvalue weighted by Gasteiger charge is -2.27. The van der Waals surface area contributed by atoms with Crippen molar-refractivity contribution in [2.24, 2.45) is 0 Å². The number of carbonyl (C=O) groups excluding carboxylic acids is 2. The molecule has 0 unspecified atom stereocenters. The van der Waals surface area contributed by atoms with Crippen LogP contribution in [0.25, 0.3) is 0 Å². The van der Waals surface area contributed by atoms with Crippen LogP contribution in [-0.4, -0.2) is 22.9 Å². The van der Waals surface area contributed by atoms with E-state index < -0.39 is 5.97 Å². The number of aromatic carboxylic acids is 1. The van der Waals surface area contributed by atoms with Crippen LogP contribution in [0, 0.1) is 13.8 Å². The van der Waals surface area contributed by atoms with Gasteiger partial charge in [0.15, 0.2) is 0 Å². The van der Waals surface area contributed by atoms with Crippen LogP contribution in [0.15, 0.2) is 12.1 Å². The van der Waals surface area contributed by atoms with Gasteiger partial charge in [-0.2, -0.15) is 0 Å². The number of amides is 2. The summed E-state index contributed by atoms with van der Waals surface area (Å²) in [5.41, 5.74) is 1.63. The van der Waals surface area contributed by atoms with Crippen molar-refractivity contribution in [3.63, 3.8) is 0 Å². The standard InChI is InChI=1S/C14H15NO4/c1-8-6-9(2)13(10(7-8)14(18)19)15-11(16)4-3-5-12(15)17/h6-7H,3-5H2,1-2H3,(H,18,19).